The minimum atomic E-state index is -4.40. The molecule has 2 amide bonds. The molecule has 0 bridgehead atoms. The molecule has 0 aliphatic heterocycles. The van der Waals surface area contributed by atoms with E-state index in [0.29, 0.717) is 0 Å². The topological polar surface area (TPSA) is 95.5 Å². The quantitative estimate of drug-likeness (QED) is 0.744. The summed E-state index contributed by atoms with van der Waals surface area (Å²) < 4.78 is 36.0. The molecule has 1 aromatic rings. The molecule has 1 atom stereocenters. The lowest BCUT2D eigenvalue weighted by atomic mass is 10.1. The molecule has 0 saturated carbocycles. The fourth-order valence-corrected chi connectivity index (χ4v) is 1.53. The highest BCUT2D eigenvalue weighted by Gasteiger charge is 2.27. The molecule has 0 aliphatic carbocycles. The van der Waals surface area contributed by atoms with Gasteiger partial charge in [0.2, 0.25) is 5.91 Å². The summed E-state index contributed by atoms with van der Waals surface area (Å²) in [6.07, 6.45) is -6.31. The van der Waals surface area contributed by atoms with Gasteiger partial charge in [0.1, 0.15) is 6.04 Å². The van der Waals surface area contributed by atoms with Crippen LogP contribution in [0.25, 0.3) is 0 Å². The number of benzene rings is 1. The van der Waals surface area contributed by atoms with Gasteiger partial charge in [0.15, 0.2) is 0 Å². The molecule has 0 aromatic heterocycles. The number of carboxylic acid groups (broad SMARTS) is 1. The molecule has 6 nitrogen and oxygen atoms in total. The molecule has 1 rings (SSSR count). The Labute approximate surface area is 129 Å². The smallest absolute Gasteiger partial charge is 0.389 e. The van der Waals surface area contributed by atoms with Crippen LogP contribution in [0.15, 0.2) is 24.3 Å². The van der Waals surface area contributed by atoms with Crippen molar-refractivity contribution < 1.29 is 32.7 Å². The molecule has 126 valence electrons. The van der Waals surface area contributed by atoms with Gasteiger partial charge in [-0.3, -0.25) is 14.4 Å². The average Bonchev–Trinajstić information content (AvgIpc) is 2.45. The number of nitrogens with one attached hydrogen (secondary N) is 2. The van der Waals surface area contributed by atoms with Crippen LogP contribution in [0.2, 0.25) is 0 Å². The number of carbonyl (C=O) groups is 3. The summed E-state index contributed by atoms with van der Waals surface area (Å²) in [4.78, 5) is 33.7. The molecule has 3 N–H and O–H groups in total. The van der Waals surface area contributed by atoms with Gasteiger partial charge in [-0.2, -0.15) is 13.2 Å². The van der Waals surface area contributed by atoms with E-state index in [1.807, 2.05) is 0 Å². The van der Waals surface area contributed by atoms with Gasteiger partial charge in [-0.25, -0.2) is 0 Å². The van der Waals surface area contributed by atoms with Crippen LogP contribution in [0.1, 0.15) is 30.1 Å². The van der Waals surface area contributed by atoms with Crippen LogP contribution in [0.5, 0.6) is 0 Å². The Balaban J connectivity index is 2.58. The zero-order chi connectivity index (χ0) is 17.6. The van der Waals surface area contributed by atoms with Crippen molar-refractivity contribution in [2.24, 2.45) is 0 Å². The summed E-state index contributed by atoms with van der Waals surface area (Å²) in [5.74, 6) is -2.60. The van der Waals surface area contributed by atoms with Gasteiger partial charge in [-0.05, 0) is 31.2 Å². The van der Waals surface area contributed by atoms with Crippen molar-refractivity contribution in [3.8, 4) is 0 Å². The maximum absolute atomic E-state index is 12.0. The van der Waals surface area contributed by atoms with E-state index < -0.39 is 42.8 Å². The monoisotopic (exact) mass is 332 g/mol. The first kappa shape index (κ1) is 18.5. The van der Waals surface area contributed by atoms with E-state index in [1.54, 1.807) is 0 Å². The Kier molecular flexibility index (Phi) is 6.11. The van der Waals surface area contributed by atoms with Gasteiger partial charge in [0.25, 0.3) is 5.91 Å². The van der Waals surface area contributed by atoms with Gasteiger partial charge in [-0.1, -0.05) is 0 Å². The van der Waals surface area contributed by atoms with E-state index in [-0.39, 0.29) is 11.3 Å². The highest BCUT2D eigenvalue weighted by atomic mass is 19.4. The van der Waals surface area contributed by atoms with Crippen molar-refractivity contribution in [1.82, 2.24) is 5.32 Å². The molecule has 0 aliphatic rings. The van der Waals surface area contributed by atoms with E-state index in [9.17, 15) is 27.6 Å². The summed E-state index contributed by atoms with van der Waals surface area (Å²) in [7, 11) is 0. The number of carbonyl (C=O) groups excluding carboxylic acids is 2. The van der Waals surface area contributed by atoms with E-state index in [4.69, 9.17) is 5.11 Å². The number of halogens is 3. The van der Waals surface area contributed by atoms with Crippen LogP contribution in [0.3, 0.4) is 0 Å². The maximum atomic E-state index is 12.0. The highest BCUT2D eigenvalue weighted by molar-refractivity contribution is 5.97. The van der Waals surface area contributed by atoms with Gasteiger partial charge in [-0.15, -0.1) is 0 Å². The maximum Gasteiger partial charge on any atom is 0.389 e. The van der Waals surface area contributed by atoms with Crippen LogP contribution >= 0.6 is 0 Å². The van der Waals surface area contributed by atoms with Gasteiger partial charge in [0, 0.05) is 17.7 Å². The molecule has 23 heavy (non-hydrogen) atoms. The van der Waals surface area contributed by atoms with Crippen molar-refractivity contribution >= 4 is 23.5 Å². The number of amides is 2. The Morgan fingerprint density at radius 3 is 2.22 bits per heavy atom. The first-order valence-corrected chi connectivity index (χ1v) is 6.59. The Hall–Kier alpha value is -2.58. The second-order valence-corrected chi connectivity index (χ2v) is 4.77. The summed E-state index contributed by atoms with van der Waals surface area (Å²) in [6.45, 7) is 1.30. The van der Waals surface area contributed by atoms with Crippen molar-refractivity contribution in [3.05, 3.63) is 29.8 Å². The standard InChI is InChI=1S/C14H15F3N2O4/c1-8(13(22)23)18-12(21)9-2-4-10(5-3-9)19-11(20)6-7-14(15,16)17/h2-5,8H,6-7H2,1H3,(H,18,21)(H,19,20)(H,22,23). The van der Waals surface area contributed by atoms with E-state index in [0.717, 1.165) is 0 Å². The minimum Gasteiger partial charge on any atom is -0.480 e. The molecular weight excluding hydrogens is 317 g/mol. The van der Waals surface area contributed by atoms with Crippen molar-refractivity contribution in [3.63, 3.8) is 0 Å². The van der Waals surface area contributed by atoms with Gasteiger partial charge < -0.3 is 15.7 Å². The predicted molar refractivity (Wildman–Crippen MR) is 74.9 cm³/mol. The minimum absolute atomic E-state index is 0.159. The molecule has 0 fully saturated rings. The highest BCUT2D eigenvalue weighted by Crippen LogP contribution is 2.21. The summed E-state index contributed by atoms with van der Waals surface area (Å²) in [5, 5.41) is 13.2. The van der Waals surface area contributed by atoms with E-state index in [2.05, 4.69) is 10.6 Å². The van der Waals surface area contributed by atoms with Crippen molar-refractivity contribution in [2.75, 3.05) is 5.32 Å². The van der Waals surface area contributed by atoms with Gasteiger partial charge >= 0.3 is 12.1 Å². The van der Waals surface area contributed by atoms with Gasteiger partial charge in [0.05, 0.1) is 6.42 Å². The molecular formula is C14H15F3N2O4. The molecule has 0 saturated heterocycles. The number of hydrogen-bond donors (Lipinski definition) is 3. The number of aliphatic carboxylic acids is 1. The van der Waals surface area contributed by atoms with Crippen molar-refractivity contribution in [1.29, 1.82) is 0 Å². The molecule has 1 unspecified atom stereocenters. The molecule has 9 heteroatoms. The summed E-state index contributed by atoms with van der Waals surface area (Å²) in [6, 6.07) is 4.26. The second-order valence-electron chi connectivity index (χ2n) is 4.77. The zero-order valence-corrected chi connectivity index (χ0v) is 12.1. The Morgan fingerprint density at radius 1 is 1.17 bits per heavy atom. The fourth-order valence-electron chi connectivity index (χ4n) is 1.53. The van der Waals surface area contributed by atoms with Crippen molar-refractivity contribution in [2.45, 2.75) is 32.0 Å². The lowest BCUT2D eigenvalue weighted by Crippen LogP contribution is -2.38. The number of carboxylic acids is 1. The van der Waals surface area contributed by atoms with Crippen LogP contribution in [-0.4, -0.2) is 35.1 Å². The predicted octanol–water partition coefficient (Wildman–Crippen LogP) is 2.17. The fraction of sp³-hybridized carbons (Fsp3) is 0.357. The summed E-state index contributed by atoms with van der Waals surface area (Å²) >= 11 is 0. The molecule has 1 aromatic carbocycles. The average molecular weight is 332 g/mol. The zero-order valence-electron chi connectivity index (χ0n) is 12.1. The van der Waals surface area contributed by atoms with Crippen LogP contribution in [0, 0.1) is 0 Å². The third-order valence-electron chi connectivity index (χ3n) is 2.78. The Bertz CT molecular complexity index is 585. The van der Waals surface area contributed by atoms with Crippen LogP contribution in [0.4, 0.5) is 18.9 Å². The molecule has 0 spiro atoms. The number of anilines is 1. The second kappa shape index (κ2) is 7.61. The largest absolute Gasteiger partial charge is 0.480 e. The Morgan fingerprint density at radius 2 is 1.74 bits per heavy atom. The summed E-state index contributed by atoms with van der Waals surface area (Å²) in [5.41, 5.74) is 0.395. The number of hydrogen-bond acceptors (Lipinski definition) is 3. The third kappa shape index (κ3) is 6.81. The molecule has 0 radical (unpaired) electrons. The third-order valence-corrected chi connectivity index (χ3v) is 2.78. The first-order chi connectivity index (χ1) is 10.6. The SMILES string of the molecule is CC(NC(=O)c1ccc(NC(=O)CCC(F)(F)F)cc1)C(=O)O. The lowest BCUT2D eigenvalue weighted by molar-refractivity contribution is -0.142. The number of alkyl halides is 3. The molecule has 0 heterocycles. The van der Waals surface area contributed by atoms with E-state index >= 15 is 0 Å². The lowest BCUT2D eigenvalue weighted by Gasteiger charge is -2.10. The van der Waals surface area contributed by atoms with Crippen LogP contribution in [-0.2, 0) is 9.59 Å². The van der Waals surface area contributed by atoms with Crippen LogP contribution < -0.4 is 10.6 Å². The normalized spacial score (nSPS) is 12.3. The first-order valence-electron chi connectivity index (χ1n) is 6.59. The van der Waals surface area contributed by atoms with E-state index in [1.165, 1.54) is 31.2 Å². The number of rotatable bonds is 6.